The van der Waals surface area contributed by atoms with Gasteiger partial charge in [0.2, 0.25) is 0 Å². The second-order valence-electron chi connectivity index (χ2n) is 4.24. The monoisotopic (exact) mass is 281 g/mol. The van der Waals surface area contributed by atoms with Gasteiger partial charge >= 0.3 is 6.98 Å². The molecule has 0 aliphatic heterocycles. The molecule has 20 heavy (non-hydrogen) atoms. The van der Waals surface area contributed by atoms with E-state index in [1.54, 1.807) is 0 Å². The fraction of sp³-hybridized carbons (Fsp3) is 0.143. The van der Waals surface area contributed by atoms with Crippen molar-refractivity contribution in [3.63, 3.8) is 0 Å². The SMILES string of the molecule is F[B-](F)(F)c1cccc(OCOCc2ccccc2)c1. The summed E-state index contributed by atoms with van der Waals surface area (Å²) in [7, 11) is 0. The Morgan fingerprint density at radius 3 is 2.35 bits per heavy atom. The number of rotatable bonds is 6. The van der Waals surface area contributed by atoms with E-state index in [9.17, 15) is 12.9 Å². The summed E-state index contributed by atoms with van der Waals surface area (Å²) in [5.41, 5.74) is 0.300. The van der Waals surface area contributed by atoms with Crippen molar-refractivity contribution >= 4 is 12.4 Å². The van der Waals surface area contributed by atoms with Crippen LogP contribution in [-0.4, -0.2) is 13.8 Å². The molecule has 0 aliphatic rings. The van der Waals surface area contributed by atoms with Crippen LogP contribution in [0.3, 0.4) is 0 Å². The summed E-state index contributed by atoms with van der Waals surface area (Å²) in [6, 6.07) is 14.2. The average Bonchev–Trinajstić information content (AvgIpc) is 2.44. The van der Waals surface area contributed by atoms with Crippen molar-refractivity contribution in [1.82, 2.24) is 0 Å². The molecule has 2 aromatic carbocycles. The van der Waals surface area contributed by atoms with Crippen molar-refractivity contribution in [2.75, 3.05) is 6.79 Å². The first-order valence-electron chi connectivity index (χ1n) is 6.10. The van der Waals surface area contributed by atoms with Crippen molar-refractivity contribution < 1.29 is 22.4 Å². The highest BCUT2D eigenvalue weighted by Crippen LogP contribution is 2.14. The largest absolute Gasteiger partial charge is 0.509 e. The molecule has 0 fully saturated rings. The topological polar surface area (TPSA) is 18.5 Å². The van der Waals surface area contributed by atoms with Crippen molar-refractivity contribution in [3.8, 4) is 5.75 Å². The lowest BCUT2D eigenvalue weighted by atomic mass is 9.80. The molecule has 2 nitrogen and oxygen atoms in total. The van der Waals surface area contributed by atoms with Gasteiger partial charge in [-0.25, -0.2) is 0 Å². The van der Waals surface area contributed by atoms with Gasteiger partial charge in [-0.2, -0.15) is 0 Å². The van der Waals surface area contributed by atoms with E-state index in [1.807, 2.05) is 30.3 Å². The molecule has 0 aromatic heterocycles. The Bertz CT molecular complexity index is 544. The Morgan fingerprint density at radius 2 is 1.65 bits per heavy atom. The minimum Gasteiger partial charge on any atom is -0.468 e. The second-order valence-corrected chi connectivity index (χ2v) is 4.24. The standard InChI is InChI=1S/C14H13BF3O2/c16-15(17,18)13-7-4-8-14(9-13)20-11-19-10-12-5-2-1-3-6-12/h1-9H,10-11H2/q-1. The van der Waals surface area contributed by atoms with Crippen LogP contribution in [-0.2, 0) is 11.3 Å². The van der Waals surface area contributed by atoms with Gasteiger partial charge in [0.25, 0.3) is 0 Å². The zero-order chi connectivity index (χ0) is 14.4. The Morgan fingerprint density at radius 1 is 0.900 bits per heavy atom. The van der Waals surface area contributed by atoms with E-state index in [0.717, 1.165) is 17.7 Å². The zero-order valence-corrected chi connectivity index (χ0v) is 10.6. The molecule has 0 amide bonds. The van der Waals surface area contributed by atoms with Crippen LogP contribution in [0, 0.1) is 0 Å². The van der Waals surface area contributed by atoms with E-state index in [-0.39, 0.29) is 12.5 Å². The lowest BCUT2D eigenvalue weighted by Crippen LogP contribution is -2.33. The van der Waals surface area contributed by atoms with E-state index in [2.05, 4.69) is 0 Å². The first-order valence-corrected chi connectivity index (χ1v) is 6.10. The molecule has 0 saturated carbocycles. The molecule has 0 spiro atoms. The van der Waals surface area contributed by atoms with Crippen molar-refractivity contribution in [3.05, 3.63) is 60.2 Å². The summed E-state index contributed by atoms with van der Waals surface area (Å²) >= 11 is 0. The molecule has 0 bridgehead atoms. The van der Waals surface area contributed by atoms with Crippen molar-refractivity contribution in [1.29, 1.82) is 0 Å². The Balaban J connectivity index is 1.83. The van der Waals surface area contributed by atoms with Crippen molar-refractivity contribution in [2.45, 2.75) is 6.61 Å². The third-order valence-corrected chi connectivity index (χ3v) is 2.66. The molecule has 0 heterocycles. The number of hydrogen-bond donors (Lipinski definition) is 0. The van der Waals surface area contributed by atoms with E-state index < -0.39 is 12.4 Å². The molecule has 0 atom stereocenters. The molecule has 2 rings (SSSR count). The molecular formula is C14H13BF3O2-. The highest BCUT2D eigenvalue weighted by molar-refractivity contribution is 6.73. The summed E-state index contributed by atoms with van der Waals surface area (Å²) in [6.07, 6.45) is 0. The van der Waals surface area contributed by atoms with E-state index >= 15 is 0 Å². The molecule has 0 saturated heterocycles. The fourth-order valence-electron chi connectivity index (χ4n) is 1.65. The summed E-state index contributed by atoms with van der Waals surface area (Å²) in [6.45, 7) is -4.75. The summed E-state index contributed by atoms with van der Waals surface area (Å²) in [5.74, 6) is 0.148. The maximum atomic E-state index is 12.6. The minimum atomic E-state index is -5.01. The highest BCUT2D eigenvalue weighted by atomic mass is 19.4. The van der Waals surface area contributed by atoms with Crippen LogP contribution in [0.2, 0.25) is 0 Å². The normalized spacial score (nSPS) is 11.3. The summed E-state index contributed by atoms with van der Waals surface area (Å²) < 4.78 is 48.1. The molecule has 0 radical (unpaired) electrons. The van der Waals surface area contributed by atoms with E-state index in [4.69, 9.17) is 9.47 Å². The molecule has 0 unspecified atom stereocenters. The van der Waals surface area contributed by atoms with Crippen molar-refractivity contribution in [2.24, 2.45) is 0 Å². The van der Waals surface area contributed by atoms with E-state index in [1.165, 1.54) is 12.1 Å². The Labute approximate surface area is 115 Å². The zero-order valence-electron chi connectivity index (χ0n) is 10.6. The van der Waals surface area contributed by atoms with Crippen LogP contribution in [0.15, 0.2) is 54.6 Å². The van der Waals surface area contributed by atoms with Gasteiger partial charge in [-0.3, -0.25) is 0 Å². The Kier molecular flexibility index (Phi) is 4.68. The average molecular weight is 281 g/mol. The third-order valence-electron chi connectivity index (χ3n) is 2.66. The smallest absolute Gasteiger partial charge is 0.468 e. The third kappa shape index (κ3) is 4.31. The predicted molar refractivity (Wildman–Crippen MR) is 71.9 cm³/mol. The fourth-order valence-corrected chi connectivity index (χ4v) is 1.65. The second kappa shape index (κ2) is 6.48. The van der Waals surface area contributed by atoms with E-state index in [0.29, 0.717) is 6.61 Å². The molecule has 0 N–H and O–H groups in total. The predicted octanol–water partition coefficient (Wildman–Crippen LogP) is 3.29. The lowest BCUT2D eigenvalue weighted by molar-refractivity contribution is 0.00508. The molecule has 0 aliphatic carbocycles. The molecule has 2 aromatic rings. The van der Waals surface area contributed by atoms with Gasteiger partial charge in [0.15, 0.2) is 6.79 Å². The van der Waals surface area contributed by atoms with Crippen LogP contribution < -0.4 is 10.2 Å². The van der Waals surface area contributed by atoms with Crippen LogP contribution in [0.5, 0.6) is 5.75 Å². The number of ether oxygens (including phenoxy) is 2. The Hall–Kier alpha value is -1.95. The van der Waals surface area contributed by atoms with Gasteiger partial charge in [-0.05, 0) is 17.7 Å². The maximum absolute atomic E-state index is 12.6. The van der Waals surface area contributed by atoms with Gasteiger partial charge in [0.1, 0.15) is 5.75 Å². The van der Waals surface area contributed by atoms with Crippen LogP contribution in [0.25, 0.3) is 0 Å². The highest BCUT2D eigenvalue weighted by Gasteiger charge is 2.25. The maximum Gasteiger partial charge on any atom is 0.509 e. The first-order chi connectivity index (χ1) is 9.55. The number of benzene rings is 2. The van der Waals surface area contributed by atoms with Crippen LogP contribution in [0.1, 0.15) is 5.56 Å². The van der Waals surface area contributed by atoms with Gasteiger partial charge < -0.3 is 22.4 Å². The van der Waals surface area contributed by atoms with Crippen LogP contribution in [0.4, 0.5) is 12.9 Å². The van der Waals surface area contributed by atoms with Crippen LogP contribution >= 0.6 is 0 Å². The van der Waals surface area contributed by atoms with Gasteiger partial charge in [-0.15, -0.1) is 5.46 Å². The number of hydrogen-bond acceptors (Lipinski definition) is 2. The van der Waals surface area contributed by atoms with Gasteiger partial charge in [-0.1, -0.05) is 42.5 Å². The van der Waals surface area contributed by atoms with Gasteiger partial charge in [0.05, 0.1) is 6.61 Å². The lowest BCUT2D eigenvalue weighted by Gasteiger charge is -2.16. The summed E-state index contributed by atoms with van der Waals surface area (Å²) in [4.78, 5) is 0. The first kappa shape index (κ1) is 14.5. The molecule has 106 valence electrons. The molecular weight excluding hydrogens is 268 g/mol. The molecule has 6 heteroatoms. The number of halogens is 3. The van der Waals surface area contributed by atoms with Gasteiger partial charge in [0, 0.05) is 0 Å². The minimum absolute atomic E-state index is 0.0940. The quantitative estimate of drug-likeness (QED) is 0.459. The summed E-state index contributed by atoms with van der Waals surface area (Å²) in [5, 5.41) is 0.